The van der Waals surface area contributed by atoms with Crippen LogP contribution in [0.15, 0.2) is 54.7 Å². The van der Waals surface area contributed by atoms with Gasteiger partial charge in [-0.05, 0) is 48.0 Å². The Morgan fingerprint density at radius 2 is 1.85 bits per heavy atom. The molecule has 0 spiro atoms. The highest BCUT2D eigenvalue weighted by atomic mass is 19.1. The van der Waals surface area contributed by atoms with E-state index in [-0.39, 0.29) is 11.8 Å². The molecule has 3 rings (SSSR count). The number of urea groups is 1. The number of methoxy groups -OCH3 is 1. The monoisotopic (exact) mass is 355 g/mol. The van der Waals surface area contributed by atoms with Crippen LogP contribution in [0.5, 0.6) is 5.75 Å². The van der Waals surface area contributed by atoms with Crippen molar-refractivity contribution in [1.82, 2.24) is 10.2 Å². The van der Waals surface area contributed by atoms with Crippen molar-refractivity contribution in [2.75, 3.05) is 38.2 Å². The van der Waals surface area contributed by atoms with Crippen LogP contribution in [0.1, 0.15) is 5.56 Å². The van der Waals surface area contributed by atoms with Gasteiger partial charge in [-0.15, -0.1) is 0 Å². The number of piperazine rings is 1. The van der Waals surface area contributed by atoms with Crippen molar-refractivity contribution < 1.29 is 13.9 Å². The van der Waals surface area contributed by atoms with Crippen molar-refractivity contribution in [2.45, 2.75) is 0 Å². The number of carbonyl (C=O) groups is 1. The third kappa shape index (κ3) is 4.53. The highest BCUT2D eigenvalue weighted by molar-refractivity contribution is 5.76. The van der Waals surface area contributed by atoms with Gasteiger partial charge in [-0.1, -0.05) is 12.1 Å². The summed E-state index contributed by atoms with van der Waals surface area (Å²) in [7, 11) is 1.62. The lowest BCUT2D eigenvalue weighted by atomic mass is 10.2. The number of nitrogens with zero attached hydrogens (tertiary/aromatic N) is 2. The van der Waals surface area contributed by atoms with Crippen molar-refractivity contribution >= 4 is 17.8 Å². The van der Waals surface area contributed by atoms with Crippen molar-refractivity contribution in [1.29, 1.82) is 0 Å². The van der Waals surface area contributed by atoms with Gasteiger partial charge >= 0.3 is 6.03 Å². The fourth-order valence-corrected chi connectivity index (χ4v) is 2.87. The maximum Gasteiger partial charge on any atom is 0.321 e. The fraction of sp³-hybridized carbons (Fsp3) is 0.250. The van der Waals surface area contributed by atoms with E-state index < -0.39 is 0 Å². The summed E-state index contributed by atoms with van der Waals surface area (Å²) in [5.41, 5.74) is 1.93. The zero-order valence-electron chi connectivity index (χ0n) is 14.7. The molecule has 1 aliphatic rings. The number of anilines is 1. The molecule has 1 N–H and O–H groups in total. The number of nitrogens with one attached hydrogen (secondary N) is 1. The lowest BCUT2D eigenvalue weighted by molar-refractivity contribution is 0.198. The highest BCUT2D eigenvalue weighted by Crippen LogP contribution is 2.17. The van der Waals surface area contributed by atoms with Crippen LogP contribution < -0.4 is 15.0 Å². The summed E-state index contributed by atoms with van der Waals surface area (Å²) in [6.07, 6.45) is 3.47. The van der Waals surface area contributed by atoms with Crippen LogP contribution in [0.4, 0.5) is 14.9 Å². The van der Waals surface area contributed by atoms with E-state index in [9.17, 15) is 9.18 Å². The lowest BCUT2D eigenvalue weighted by Crippen LogP contribution is -2.51. The van der Waals surface area contributed by atoms with Crippen molar-refractivity contribution in [3.8, 4) is 5.75 Å². The van der Waals surface area contributed by atoms with Crippen LogP contribution in [0.25, 0.3) is 6.08 Å². The zero-order valence-corrected chi connectivity index (χ0v) is 14.7. The minimum absolute atomic E-state index is 0.122. The van der Waals surface area contributed by atoms with Crippen LogP contribution in [0.2, 0.25) is 0 Å². The number of amides is 2. The standard InChI is InChI=1S/C20H22FN3O2/c1-26-19-4-2-3-16(15-19)9-10-22-20(25)24-13-11-23(12-14-24)18-7-5-17(21)6-8-18/h2-10,15H,11-14H2,1H3,(H,22,25)/b10-9+. The molecule has 0 unspecified atom stereocenters. The molecular weight excluding hydrogens is 333 g/mol. The summed E-state index contributed by atoms with van der Waals surface area (Å²) in [5.74, 6) is 0.532. The summed E-state index contributed by atoms with van der Waals surface area (Å²) in [6, 6.07) is 13.9. The van der Waals surface area contributed by atoms with E-state index in [4.69, 9.17) is 4.74 Å². The van der Waals surface area contributed by atoms with E-state index in [0.29, 0.717) is 13.1 Å². The Balaban J connectivity index is 1.49. The summed E-state index contributed by atoms with van der Waals surface area (Å²) in [5, 5.41) is 2.80. The molecule has 0 aliphatic carbocycles. The van der Waals surface area contributed by atoms with E-state index >= 15 is 0 Å². The van der Waals surface area contributed by atoms with Gasteiger partial charge in [0.1, 0.15) is 11.6 Å². The van der Waals surface area contributed by atoms with Crippen LogP contribution >= 0.6 is 0 Å². The largest absolute Gasteiger partial charge is 0.497 e. The molecule has 0 atom stereocenters. The van der Waals surface area contributed by atoms with E-state index in [0.717, 1.165) is 30.1 Å². The third-order valence-corrected chi connectivity index (χ3v) is 4.34. The van der Waals surface area contributed by atoms with Crippen LogP contribution in [-0.4, -0.2) is 44.2 Å². The Kier molecular flexibility index (Phi) is 5.73. The maximum atomic E-state index is 13.0. The molecule has 5 nitrogen and oxygen atoms in total. The van der Waals surface area contributed by atoms with Crippen LogP contribution in [-0.2, 0) is 0 Å². The van der Waals surface area contributed by atoms with Gasteiger partial charge in [0.05, 0.1) is 7.11 Å². The molecule has 1 aliphatic heterocycles. The average molecular weight is 355 g/mol. The first kappa shape index (κ1) is 17.8. The molecule has 1 saturated heterocycles. The molecule has 2 aromatic rings. The second-order valence-electron chi connectivity index (χ2n) is 6.01. The Bertz CT molecular complexity index is 769. The molecule has 1 heterocycles. The Morgan fingerprint density at radius 3 is 2.54 bits per heavy atom. The average Bonchev–Trinajstić information content (AvgIpc) is 2.69. The van der Waals surface area contributed by atoms with Crippen molar-refractivity contribution in [2.24, 2.45) is 0 Å². The van der Waals surface area contributed by atoms with Gasteiger partial charge in [-0.3, -0.25) is 0 Å². The summed E-state index contributed by atoms with van der Waals surface area (Å²) in [6.45, 7) is 2.68. The first-order chi connectivity index (χ1) is 12.7. The molecule has 0 aromatic heterocycles. The SMILES string of the molecule is COc1cccc(/C=C/NC(=O)N2CCN(c3ccc(F)cc3)CC2)c1. The molecule has 6 heteroatoms. The molecule has 2 amide bonds. The van der Waals surface area contributed by atoms with Gasteiger partial charge in [-0.2, -0.15) is 0 Å². The number of halogens is 1. The maximum absolute atomic E-state index is 13.0. The highest BCUT2D eigenvalue weighted by Gasteiger charge is 2.20. The molecular formula is C20H22FN3O2. The van der Waals surface area contributed by atoms with E-state index in [1.807, 2.05) is 30.3 Å². The topological polar surface area (TPSA) is 44.8 Å². The van der Waals surface area contributed by atoms with Crippen molar-refractivity contribution in [3.05, 3.63) is 66.1 Å². The van der Waals surface area contributed by atoms with E-state index in [1.165, 1.54) is 12.1 Å². The summed E-state index contributed by atoms with van der Waals surface area (Å²) >= 11 is 0. The van der Waals surface area contributed by atoms with Gasteiger partial charge in [0.25, 0.3) is 0 Å². The third-order valence-electron chi connectivity index (χ3n) is 4.34. The fourth-order valence-electron chi connectivity index (χ4n) is 2.87. The zero-order chi connectivity index (χ0) is 18.4. The molecule has 136 valence electrons. The number of ether oxygens (including phenoxy) is 1. The Morgan fingerprint density at radius 1 is 1.12 bits per heavy atom. The molecule has 2 aromatic carbocycles. The molecule has 0 saturated carbocycles. The smallest absolute Gasteiger partial charge is 0.321 e. The van der Waals surface area contributed by atoms with Crippen molar-refractivity contribution in [3.63, 3.8) is 0 Å². The number of benzene rings is 2. The van der Waals surface area contributed by atoms with E-state index in [1.54, 1.807) is 30.3 Å². The number of carbonyl (C=O) groups excluding carboxylic acids is 1. The van der Waals surface area contributed by atoms with E-state index in [2.05, 4.69) is 10.2 Å². The second-order valence-corrected chi connectivity index (χ2v) is 6.01. The van der Waals surface area contributed by atoms with Gasteiger partial charge in [-0.25, -0.2) is 9.18 Å². The number of hydrogen-bond donors (Lipinski definition) is 1. The first-order valence-electron chi connectivity index (χ1n) is 8.52. The van der Waals surface area contributed by atoms with Crippen LogP contribution in [0.3, 0.4) is 0 Å². The normalized spacial score (nSPS) is 14.5. The molecule has 0 radical (unpaired) electrons. The van der Waals surface area contributed by atoms with Gasteiger partial charge in [0.15, 0.2) is 0 Å². The summed E-state index contributed by atoms with van der Waals surface area (Å²) < 4.78 is 18.2. The first-order valence-corrected chi connectivity index (χ1v) is 8.52. The molecule has 0 bridgehead atoms. The number of rotatable bonds is 4. The van der Waals surface area contributed by atoms with Gasteiger partial charge in [0, 0.05) is 38.1 Å². The lowest BCUT2D eigenvalue weighted by Gasteiger charge is -2.35. The minimum Gasteiger partial charge on any atom is -0.497 e. The predicted octanol–water partition coefficient (Wildman–Crippen LogP) is 3.34. The Labute approximate surface area is 152 Å². The molecule has 1 fully saturated rings. The van der Waals surface area contributed by atoms with Gasteiger partial charge in [0.2, 0.25) is 0 Å². The van der Waals surface area contributed by atoms with Crippen LogP contribution in [0, 0.1) is 5.82 Å². The minimum atomic E-state index is -0.241. The van der Waals surface area contributed by atoms with Gasteiger partial charge < -0.3 is 19.9 Å². The predicted molar refractivity (Wildman–Crippen MR) is 101 cm³/mol. The summed E-state index contributed by atoms with van der Waals surface area (Å²) in [4.78, 5) is 16.2. The number of hydrogen-bond acceptors (Lipinski definition) is 3. The quantitative estimate of drug-likeness (QED) is 0.915. The molecule has 26 heavy (non-hydrogen) atoms. The Hall–Kier alpha value is -3.02. The second kappa shape index (κ2) is 8.38.